The molecule has 1 aliphatic rings. The Kier molecular flexibility index (Phi) is 1.94. The molecule has 0 spiro atoms. The summed E-state index contributed by atoms with van der Waals surface area (Å²) in [5.74, 6) is 0.0637. The number of phenols is 1. The molecule has 0 bridgehead atoms. The largest absolute Gasteiger partial charge is 0.506 e. The van der Waals surface area contributed by atoms with Crippen molar-refractivity contribution in [2.75, 3.05) is 0 Å². The molecule has 2 rings (SSSR count). The first-order valence-corrected chi connectivity index (χ1v) is 4.88. The average Bonchev–Trinajstić information content (AvgIpc) is 2.92. The van der Waals surface area contributed by atoms with Crippen LogP contribution in [0, 0.1) is 18.3 Å². The quantitative estimate of drug-likeness (QED) is 0.770. The summed E-state index contributed by atoms with van der Waals surface area (Å²) in [5, 5.41) is 18.8. The van der Waals surface area contributed by atoms with Gasteiger partial charge in [0, 0.05) is 0 Å². The van der Waals surface area contributed by atoms with E-state index in [4.69, 9.17) is 16.9 Å². The van der Waals surface area contributed by atoms with Crippen molar-refractivity contribution in [3.8, 4) is 11.8 Å². The molecule has 0 unspecified atom stereocenters. The van der Waals surface area contributed by atoms with E-state index in [1.54, 1.807) is 12.1 Å². The maximum absolute atomic E-state index is 9.47. The zero-order valence-electron chi connectivity index (χ0n) is 7.84. The molecule has 0 atom stereocenters. The Morgan fingerprint density at radius 2 is 2.14 bits per heavy atom. The van der Waals surface area contributed by atoms with E-state index in [1.807, 2.05) is 6.92 Å². The Balaban J connectivity index is 2.55. The normalized spacial score (nSPS) is 17.5. The van der Waals surface area contributed by atoms with E-state index in [0.29, 0.717) is 5.02 Å². The highest BCUT2D eigenvalue weighted by atomic mass is 35.5. The third-order valence-electron chi connectivity index (χ3n) is 2.77. The number of aryl methyl sites for hydroxylation is 1. The molecular weight excluding hydrogens is 198 g/mol. The first-order valence-electron chi connectivity index (χ1n) is 4.50. The lowest BCUT2D eigenvalue weighted by Crippen LogP contribution is -2.04. The van der Waals surface area contributed by atoms with E-state index in [1.165, 1.54) is 0 Å². The van der Waals surface area contributed by atoms with Crippen LogP contribution in [-0.4, -0.2) is 5.11 Å². The van der Waals surface area contributed by atoms with Crippen LogP contribution in [0.3, 0.4) is 0 Å². The van der Waals surface area contributed by atoms with Crippen molar-refractivity contribution in [3.05, 3.63) is 28.3 Å². The number of hydrogen-bond acceptors (Lipinski definition) is 2. The van der Waals surface area contributed by atoms with Crippen molar-refractivity contribution < 1.29 is 5.11 Å². The summed E-state index contributed by atoms with van der Waals surface area (Å²) in [6, 6.07) is 5.63. The zero-order valence-corrected chi connectivity index (χ0v) is 8.60. The van der Waals surface area contributed by atoms with E-state index in [-0.39, 0.29) is 11.2 Å². The summed E-state index contributed by atoms with van der Waals surface area (Å²) < 4.78 is 0. The Hall–Kier alpha value is -1.20. The van der Waals surface area contributed by atoms with Gasteiger partial charge in [-0.15, -0.1) is 0 Å². The monoisotopic (exact) mass is 207 g/mol. The first-order chi connectivity index (χ1) is 6.59. The Labute approximate surface area is 87.7 Å². The molecule has 0 aromatic heterocycles. The van der Waals surface area contributed by atoms with Gasteiger partial charge in [-0.2, -0.15) is 5.26 Å². The predicted molar refractivity (Wildman–Crippen MR) is 54.4 cm³/mol. The third-order valence-corrected chi connectivity index (χ3v) is 3.08. The predicted octanol–water partition coefficient (Wildman–Crippen LogP) is 2.91. The smallest absolute Gasteiger partial charge is 0.134 e. The Morgan fingerprint density at radius 1 is 1.50 bits per heavy atom. The molecule has 3 heteroatoms. The van der Waals surface area contributed by atoms with Gasteiger partial charge in [-0.1, -0.05) is 11.6 Å². The molecule has 0 saturated heterocycles. The van der Waals surface area contributed by atoms with Crippen LogP contribution >= 0.6 is 11.6 Å². The molecule has 2 nitrogen and oxygen atoms in total. The number of nitrogens with zero attached hydrogens (tertiary/aromatic N) is 1. The van der Waals surface area contributed by atoms with Gasteiger partial charge in [-0.25, -0.2) is 0 Å². The van der Waals surface area contributed by atoms with Crippen LogP contribution < -0.4 is 0 Å². The first kappa shape index (κ1) is 9.36. The minimum Gasteiger partial charge on any atom is -0.506 e. The molecule has 0 aliphatic heterocycles. The lowest BCUT2D eigenvalue weighted by atomic mass is 9.93. The molecular formula is C11H10ClNO. The molecule has 0 heterocycles. The second-order valence-corrected chi connectivity index (χ2v) is 4.22. The second-order valence-electron chi connectivity index (χ2n) is 3.81. The highest BCUT2D eigenvalue weighted by Crippen LogP contribution is 2.50. The average molecular weight is 208 g/mol. The maximum Gasteiger partial charge on any atom is 0.134 e. The summed E-state index contributed by atoms with van der Waals surface area (Å²) in [6.07, 6.45) is 1.76. The summed E-state index contributed by atoms with van der Waals surface area (Å²) in [4.78, 5) is 0. The van der Waals surface area contributed by atoms with Gasteiger partial charge in [-0.3, -0.25) is 0 Å². The summed E-state index contributed by atoms with van der Waals surface area (Å²) in [6.45, 7) is 1.91. The molecule has 72 valence electrons. The van der Waals surface area contributed by atoms with E-state index in [0.717, 1.165) is 24.0 Å². The summed E-state index contributed by atoms with van der Waals surface area (Å²) in [5.41, 5.74) is 1.54. The summed E-state index contributed by atoms with van der Waals surface area (Å²) in [7, 11) is 0. The zero-order chi connectivity index (χ0) is 10.3. The Morgan fingerprint density at radius 3 is 2.64 bits per heavy atom. The van der Waals surface area contributed by atoms with Crippen molar-refractivity contribution in [3.63, 3.8) is 0 Å². The van der Waals surface area contributed by atoms with Crippen LogP contribution in [-0.2, 0) is 5.41 Å². The second kappa shape index (κ2) is 2.90. The van der Waals surface area contributed by atoms with Gasteiger partial charge in [0.15, 0.2) is 0 Å². The van der Waals surface area contributed by atoms with Gasteiger partial charge < -0.3 is 5.11 Å². The molecule has 1 aromatic rings. The van der Waals surface area contributed by atoms with Gasteiger partial charge in [-0.05, 0) is 43.0 Å². The fourth-order valence-electron chi connectivity index (χ4n) is 1.74. The number of nitriles is 1. The van der Waals surface area contributed by atoms with Crippen LogP contribution in [0.5, 0.6) is 5.75 Å². The van der Waals surface area contributed by atoms with E-state index in [9.17, 15) is 5.11 Å². The number of halogens is 1. The topological polar surface area (TPSA) is 44.0 Å². The molecule has 14 heavy (non-hydrogen) atoms. The minimum absolute atomic E-state index is 0.0637. The van der Waals surface area contributed by atoms with E-state index < -0.39 is 0 Å². The summed E-state index contributed by atoms with van der Waals surface area (Å²) >= 11 is 5.77. The standard InChI is InChI=1S/C11H10ClNO/c1-7-4-9(12)10(14)5-8(7)11(6-13)2-3-11/h4-5,14H,2-3H2,1H3. The fourth-order valence-corrected chi connectivity index (χ4v) is 1.96. The molecule has 0 radical (unpaired) electrons. The van der Waals surface area contributed by atoms with Crippen molar-refractivity contribution in [2.45, 2.75) is 25.2 Å². The van der Waals surface area contributed by atoms with Crippen LogP contribution in [0.2, 0.25) is 5.02 Å². The maximum atomic E-state index is 9.47. The van der Waals surface area contributed by atoms with Crippen molar-refractivity contribution in [2.24, 2.45) is 0 Å². The Bertz CT molecular complexity index is 430. The van der Waals surface area contributed by atoms with Crippen LogP contribution in [0.1, 0.15) is 24.0 Å². The van der Waals surface area contributed by atoms with E-state index >= 15 is 0 Å². The van der Waals surface area contributed by atoms with Crippen LogP contribution in [0.15, 0.2) is 12.1 Å². The van der Waals surface area contributed by atoms with Gasteiger partial charge >= 0.3 is 0 Å². The SMILES string of the molecule is Cc1cc(Cl)c(O)cc1C1(C#N)CC1. The van der Waals surface area contributed by atoms with Crippen molar-refractivity contribution in [1.29, 1.82) is 5.26 Å². The van der Waals surface area contributed by atoms with E-state index in [2.05, 4.69) is 6.07 Å². The fraction of sp³-hybridized carbons (Fsp3) is 0.364. The van der Waals surface area contributed by atoms with Gasteiger partial charge in [0.05, 0.1) is 16.5 Å². The number of benzene rings is 1. The van der Waals surface area contributed by atoms with Gasteiger partial charge in [0.25, 0.3) is 0 Å². The number of hydrogen-bond donors (Lipinski definition) is 1. The number of rotatable bonds is 1. The van der Waals surface area contributed by atoms with Crippen molar-refractivity contribution in [1.82, 2.24) is 0 Å². The third kappa shape index (κ3) is 1.25. The van der Waals surface area contributed by atoms with Crippen molar-refractivity contribution >= 4 is 11.6 Å². The highest BCUT2D eigenvalue weighted by molar-refractivity contribution is 6.32. The van der Waals surface area contributed by atoms with Crippen LogP contribution in [0.4, 0.5) is 0 Å². The molecule has 1 aromatic carbocycles. The molecule has 1 saturated carbocycles. The van der Waals surface area contributed by atoms with Gasteiger partial charge in [0.1, 0.15) is 5.75 Å². The molecule has 1 aliphatic carbocycles. The number of phenolic OH excluding ortho intramolecular Hbond substituents is 1. The number of aromatic hydroxyl groups is 1. The molecule has 1 fully saturated rings. The molecule has 1 N–H and O–H groups in total. The van der Waals surface area contributed by atoms with Crippen LogP contribution in [0.25, 0.3) is 0 Å². The highest BCUT2D eigenvalue weighted by Gasteiger charge is 2.46. The minimum atomic E-state index is -0.355. The van der Waals surface area contributed by atoms with Gasteiger partial charge in [0.2, 0.25) is 0 Å². The lowest BCUT2D eigenvalue weighted by Gasteiger charge is -2.11. The molecule has 0 amide bonds. The lowest BCUT2D eigenvalue weighted by molar-refractivity contribution is 0.474.